The molecule has 0 aliphatic carbocycles. The second kappa shape index (κ2) is 4.26. The number of nitrogens with zero attached hydrogens (tertiary/aromatic N) is 1. The Labute approximate surface area is 96.2 Å². The minimum atomic E-state index is 0.0124. The summed E-state index contributed by atoms with van der Waals surface area (Å²) in [6.07, 6.45) is 0.491. The summed E-state index contributed by atoms with van der Waals surface area (Å²) in [4.78, 5) is 13.5. The largest absolute Gasteiger partial charge is 0.337 e. The second-order valence-electron chi connectivity index (χ2n) is 4.73. The first kappa shape index (κ1) is 11.1. The van der Waals surface area contributed by atoms with E-state index in [-0.39, 0.29) is 11.9 Å². The van der Waals surface area contributed by atoms with Crippen LogP contribution in [0.1, 0.15) is 23.1 Å². The highest BCUT2D eigenvalue weighted by molar-refractivity contribution is 5.79. The maximum Gasteiger partial charge on any atom is 0.224 e. The average molecular weight is 218 g/mol. The van der Waals surface area contributed by atoms with Crippen molar-refractivity contribution in [1.82, 2.24) is 4.90 Å². The van der Waals surface area contributed by atoms with Crippen molar-refractivity contribution in [2.45, 2.75) is 32.9 Å². The lowest BCUT2D eigenvalue weighted by atomic mass is 10.1. The Kier molecular flexibility index (Phi) is 2.97. The molecular weight excluding hydrogens is 200 g/mol. The van der Waals surface area contributed by atoms with Gasteiger partial charge in [0.1, 0.15) is 0 Å². The van der Waals surface area contributed by atoms with Gasteiger partial charge < -0.3 is 10.6 Å². The number of benzene rings is 1. The van der Waals surface area contributed by atoms with Gasteiger partial charge in [0.2, 0.25) is 5.91 Å². The molecule has 0 saturated carbocycles. The number of hydrogen-bond donors (Lipinski definition) is 1. The van der Waals surface area contributed by atoms with Crippen LogP contribution < -0.4 is 5.73 Å². The molecule has 1 heterocycles. The van der Waals surface area contributed by atoms with E-state index in [1.165, 1.54) is 16.7 Å². The van der Waals surface area contributed by atoms with Crippen LogP contribution in [-0.4, -0.2) is 23.4 Å². The number of hydrogen-bond acceptors (Lipinski definition) is 2. The Balaban J connectivity index is 2.12. The molecule has 2 rings (SSSR count). The Morgan fingerprint density at radius 3 is 2.44 bits per heavy atom. The molecule has 1 saturated heterocycles. The van der Waals surface area contributed by atoms with Gasteiger partial charge in [-0.3, -0.25) is 4.79 Å². The normalized spacial score (nSPS) is 20.6. The van der Waals surface area contributed by atoms with E-state index in [0.717, 1.165) is 0 Å². The van der Waals surface area contributed by atoms with Crippen LogP contribution in [0.4, 0.5) is 0 Å². The average Bonchev–Trinajstić information content (AvgIpc) is 2.43. The van der Waals surface area contributed by atoms with Crippen molar-refractivity contribution in [3.8, 4) is 0 Å². The molecular formula is C13H18N2O. The fourth-order valence-electron chi connectivity index (χ4n) is 2.34. The summed E-state index contributed by atoms with van der Waals surface area (Å²) in [5.74, 6) is 0.173. The maximum absolute atomic E-state index is 11.6. The summed E-state index contributed by atoms with van der Waals surface area (Å²) in [6, 6.07) is 6.41. The van der Waals surface area contributed by atoms with Gasteiger partial charge in [0.25, 0.3) is 0 Å². The fraction of sp³-hybridized carbons (Fsp3) is 0.462. The molecule has 0 aromatic heterocycles. The molecule has 0 spiro atoms. The van der Waals surface area contributed by atoms with Gasteiger partial charge >= 0.3 is 0 Å². The topological polar surface area (TPSA) is 46.3 Å². The monoisotopic (exact) mass is 218 g/mol. The van der Waals surface area contributed by atoms with Crippen LogP contribution in [0.3, 0.4) is 0 Å². The van der Waals surface area contributed by atoms with Gasteiger partial charge in [-0.2, -0.15) is 0 Å². The highest BCUT2D eigenvalue weighted by Gasteiger charge is 2.26. The van der Waals surface area contributed by atoms with Crippen molar-refractivity contribution in [2.75, 3.05) is 6.54 Å². The van der Waals surface area contributed by atoms with Crippen molar-refractivity contribution in [3.63, 3.8) is 0 Å². The minimum Gasteiger partial charge on any atom is -0.337 e. The van der Waals surface area contributed by atoms with Gasteiger partial charge in [0, 0.05) is 25.6 Å². The van der Waals surface area contributed by atoms with E-state index in [1.807, 2.05) is 4.90 Å². The molecule has 0 bridgehead atoms. The first-order valence-electron chi connectivity index (χ1n) is 5.65. The van der Waals surface area contributed by atoms with Crippen molar-refractivity contribution < 1.29 is 4.79 Å². The predicted octanol–water partition coefficient (Wildman–Crippen LogP) is 1.36. The molecule has 1 aromatic carbocycles. The number of likely N-dealkylation sites (tertiary alicyclic amines) is 1. The summed E-state index contributed by atoms with van der Waals surface area (Å²) >= 11 is 0. The number of aryl methyl sites for hydroxylation is 2. The Hall–Kier alpha value is -1.35. The molecule has 3 heteroatoms. The predicted molar refractivity (Wildman–Crippen MR) is 63.9 cm³/mol. The van der Waals surface area contributed by atoms with Crippen molar-refractivity contribution in [3.05, 3.63) is 34.9 Å². The van der Waals surface area contributed by atoms with Gasteiger partial charge in [-0.25, -0.2) is 0 Å². The van der Waals surface area contributed by atoms with Crippen molar-refractivity contribution in [1.29, 1.82) is 0 Å². The molecule has 1 unspecified atom stereocenters. The standard InChI is InChI=1S/C13H18N2O/c1-9-3-10(2)5-11(4-9)7-15-8-12(14)6-13(15)16/h3-5,12H,6-8,14H2,1-2H3. The zero-order valence-corrected chi connectivity index (χ0v) is 9.86. The quantitative estimate of drug-likeness (QED) is 0.814. The van der Waals surface area contributed by atoms with Crippen LogP contribution in [0.15, 0.2) is 18.2 Å². The smallest absolute Gasteiger partial charge is 0.224 e. The van der Waals surface area contributed by atoms with Crippen LogP contribution in [-0.2, 0) is 11.3 Å². The third kappa shape index (κ3) is 2.42. The van der Waals surface area contributed by atoms with E-state index in [9.17, 15) is 4.79 Å². The number of amides is 1. The Bertz CT molecular complexity index is 394. The molecule has 1 atom stereocenters. The number of rotatable bonds is 2. The molecule has 1 aliphatic heterocycles. The first-order valence-corrected chi connectivity index (χ1v) is 5.65. The summed E-state index contributed by atoms with van der Waals surface area (Å²) in [5, 5.41) is 0. The van der Waals surface area contributed by atoms with Gasteiger partial charge in [0.15, 0.2) is 0 Å². The maximum atomic E-state index is 11.6. The molecule has 2 N–H and O–H groups in total. The number of nitrogens with two attached hydrogens (primary N) is 1. The van der Waals surface area contributed by atoms with E-state index >= 15 is 0 Å². The highest BCUT2D eigenvalue weighted by Crippen LogP contribution is 2.16. The van der Waals surface area contributed by atoms with E-state index in [4.69, 9.17) is 5.73 Å². The SMILES string of the molecule is Cc1cc(C)cc(CN2CC(N)CC2=O)c1. The zero-order valence-electron chi connectivity index (χ0n) is 9.86. The summed E-state index contributed by atoms with van der Waals surface area (Å²) in [6.45, 7) is 5.53. The molecule has 16 heavy (non-hydrogen) atoms. The molecule has 3 nitrogen and oxygen atoms in total. The Morgan fingerprint density at radius 2 is 1.94 bits per heavy atom. The lowest BCUT2D eigenvalue weighted by Crippen LogP contribution is -2.27. The zero-order chi connectivity index (χ0) is 11.7. The van der Waals surface area contributed by atoms with Crippen LogP contribution in [0.25, 0.3) is 0 Å². The van der Waals surface area contributed by atoms with E-state index in [0.29, 0.717) is 19.5 Å². The molecule has 1 fully saturated rings. The molecule has 0 radical (unpaired) electrons. The van der Waals surface area contributed by atoms with Gasteiger partial charge in [-0.05, 0) is 19.4 Å². The van der Waals surface area contributed by atoms with Crippen LogP contribution >= 0.6 is 0 Å². The Morgan fingerprint density at radius 1 is 1.31 bits per heavy atom. The molecule has 1 aliphatic rings. The van der Waals surface area contributed by atoms with Gasteiger partial charge in [0.05, 0.1) is 0 Å². The van der Waals surface area contributed by atoms with E-state index in [1.54, 1.807) is 0 Å². The summed E-state index contributed by atoms with van der Waals surface area (Å²) in [5.41, 5.74) is 9.44. The molecule has 1 amide bonds. The van der Waals surface area contributed by atoms with Crippen molar-refractivity contribution in [2.24, 2.45) is 5.73 Å². The molecule has 1 aromatic rings. The number of carbonyl (C=O) groups excluding carboxylic acids is 1. The van der Waals surface area contributed by atoms with E-state index in [2.05, 4.69) is 32.0 Å². The second-order valence-corrected chi connectivity index (χ2v) is 4.73. The lowest BCUT2D eigenvalue weighted by molar-refractivity contribution is -0.128. The number of carbonyl (C=O) groups is 1. The minimum absolute atomic E-state index is 0.0124. The van der Waals surface area contributed by atoms with Crippen LogP contribution in [0.2, 0.25) is 0 Å². The third-order valence-electron chi connectivity index (χ3n) is 2.90. The van der Waals surface area contributed by atoms with Gasteiger partial charge in [-0.1, -0.05) is 29.3 Å². The summed E-state index contributed by atoms with van der Waals surface area (Å²) < 4.78 is 0. The summed E-state index contributed by atoms with van der Waals surface area (Å²) in [7, 11) is 0. The third-order valence-corrected chi connectivity index (χ3v) is 2.90. The highest BCUT2D eigenvalue weighted by atomic mass is 16.2. The van der Waals surface area contributed by atoms with Crippen LogP contribution in [0, 0.1) is 13.8 Å². The van der Waals surface area contributed by atoms with E-state index < -0.39 is 0 Å². The van der Waals surface area contributed by atoms with Crippen molar-refractivity contribution >= 4 is 5.91 Å². The van der Waals surface area contributed by atoms with Gasteiger partial charge in [-0.15, -0.1) is 0 Å². The first-order chi connectivity index (χ1) is 7.54. The molecule has 86 valence electrons. The van der Waals surface area contributed by atoms with Crippen LogP contribution in [0.5, 0.6) is 0 Å². The fourth-order valence-corrected chi connectivity index (χ4v) is 2.34. The lowest BCUT2D eigenvalue weighted by Gasteiger charge is -2.16.